The van der Waals surface area contributed by atoms with E-state index in [0.717, 1.165) is 5.56 Å². The lowest BCUT2D eigenvalue weighted by atomic mass is 10.2. The van der Waals surface area contributed by atoms with Crippen molar-refractivity contribution < 1.29 is 9.53 Å². The van der Waals surface area contributed by atoms with Gasteiger partial charge >= 0.3 is 0 Å². The number of ether oxygens (including phenoxy) is 1. The second kappa shape index (κ2) is 5.72. The number of hydrogen-bond acceptors (Lipinski definition) is 3. The van der Waals surface area contributed by atoms with Gasteiger partial charge in [0.2, 0.25) is 0 Å². The molecular weight excluding hydrogens is 228 g/mol. The number of rotatable bonds is 4. The number of amides is 1. The van der Waals surface area contributed by atoms with Crippen LogP contribution in [-0.4, -0.2) is 31.6 Å². The highest BCUT2D eigenvalue weighted by Crippen LogP contribution is 2.20. The standard InChI is InChI=1S/C11H15ClN2O2/c1-8-6-9(4-5-10(8)12)16-7-11(15)13-14(2)3/h4-6H,7H2,1-3H3,(H,13,15). The third-order valence-electron chi connectivity index (χ3n) is 1.85. The summed E-state index contributed by atoms with van der Waals surface area (Å²) in [7, 11) is 3.48. The molecule has 0 aromatic heterocycles. The van der Waals surface area contributed by atoms with Crippen molar-refractivity contribution in [1.29, 1.82) is 0 Å². The zero-order valence-electron chi connectivity index (χ0n) is 9.58. The molecule has 0 saturated heterocycles. The number of hydrazine groups is 1. The van der Waals surface area contributed by atoms with Gasteiger partial charge in [0.25, 0.3) is 5.91 Å². The summed E-state index contributed by atoms with van der Waals surface area (Å²) in [5.74, 6) is 0.438. The van der Waals surface area contributed by atoms with Crippen LogP contribution in [0.3, 0.4) is 0 Å². The van der Waals surface area contributed by atoms with Crippen molar-refractivity contribution in [3.05, 3.63) is 28.8 Å². The second-order valence-electron chi connectivity index (χ2n) is 3.63. The van der Waals surface area contributed by atoms with Crippen LogP contribution in [0.5, 0.6) is 5.75 Å². The second-order valence-corrected chi connectivity index (χ2v) is 4.04. The van der Waals surface area contributed by atoms with Gasteiger partial charge in [0.05, 0.1) is 0 Å². The van der Waals surface area contributed by atoms with E-state index in [4.69, 9.17) is 16.3 Å². The minimum absolute atomic E-state index is 0.0146. The van der Waals surface area contributed by atoms with Crippen LogP contribution in [0, 0.1) is 6.92 Å². The van der Waals surface area contributed by atoms with Crippen LogP contribution in [0.15, 0.2) is 18.2 Å². The maximum absolute atomic E-state index is 11.3. The molecule has 4 nitrogen and oxygen atoms in total. The molecule has 16 heavy (non-hydrogen) atoms. The van der Waals surface area contributed by atoms with E-state index in [1.165, 1.54) is 0 Å². The third kappa shape index (κ3) is 4.08. The largest absolute Gasteiger partial charge is 0.484 e. The first kappa shape index (κ1) is 12.8. The maximum atomic E-state index is 11.3. The Morgan fingerprint density at radius 2 is 2.19 bits per heavy atom. The molecule has 5 heteroatoms. The Hall–Kier alpha value is -1.26. The number of halogens is 1. The summed E-state index contributed by atoms with van der Waals surface area (Å²) in [6.45, 7) is 1.87. The number of carbonyl (C=O) groups is 1. The van der Waals surface area contributed by atoms with Gasteiger partial charge in [0.15, 0.2) is 6.61 Å². The van der Waals surface area contributed by atoms with Crippen molar-refractivity contribution in [3.8, 4) is 5.75 Å². The van der Waals surface area contributed by atoms with Crippen molar-refractivity contribution in [1.82, 2.24) is 10.4 Å². The normalized spacial score (nSPS) is 10.3. The Labute approximate surface area is 100 Å². The van der Waals surface area contributed by atoms with Crippen LogP contribution in [0.2, 0.25) is 5.02 Å². The van der Waals surface area contributed by atoms with Gasteiger partial charge < -0.3 is 4.74 Å². The number of nitrogens with one attached hydrogen (secondary N) is 1. The summed E-state index contributed by atoms with van der Waals surface area (Å²) >= 11 is 5.87. The topological polar surface area (TPSA) is 41.6 Å². The third-order valence-corrected chi connectivity index (χ3v) is 2.27. The zero-order valence-corrected chi connectivity index (χ0v) is 10.3. The minimum Gasteiger partial charge on any atom is -0.484 e. The maximum Gasteiger partial charge on any atom is 0.272 e. The fraction of sp³-hybridized carbons (Fsp3) is 0.364. The molecule has 0 bridgehead atoms. The summed E-state index contributed by atoms with van der Waals surface area (Å²) in [5.41, 5.74) is 3.51. The van der Waals surface area contributed by atoms with Gasteiger partial charge in [-0.05, 0) is 30.7 Å². The summed E-state index contributed by atoms with van der Waals surface area (Å²) < 4.78 is 5.31. The fourth-order valence-corrected chi connectivity index (χ4v) is 1.26. The van der Waals surface area contributed by atoms with E-state index < -0.39 is 0 Å². The summed E-state index contributed by atoms with van der Waals surface area (Å²) in [4.78, 5) is 11.3. The molecular formula is C11H15ClN2O2. The van der Waals surface area contributed by atoms with Gasteiger partial charge in [-0.1, -0.05) is 11.6 Å². The molecule has 0 aliphatic carbocycles. The van der Waals surface area contributed by atoms with E-state index in [-0.39, 0.29) is 12.5 Å². The first-order valence-electron chi connectivity index (χ1n) is 4.85. The first-order valence-corrected chi connectivity index (χ1v) is 5.22. The molecule has 1 N–H and O–H groups in total. The molecule has 0 atom stereocenters. The smallest absolute Gasteiger partial charge is 0.272 e. The van der Waals surface area contributed by atoms with Gasteiger partial charge in [-0.15, -0.1) is 0 Å². The molecule has 0 aliphatic rings. The Kier molecular flexibility index (Phi) is 4.58. The molecule has 0 saturated carbocycles. The lowest BCUT2D eigenvalue weighted by molar-refractivity contribution is -0.126. The average molecular weight is 243 g/mol. The van der Waals surface area contributed by atoms with Crippen LogP contribution in [0.1, 0.15) is 5.56 Å². The molecule has 1 amide bonds. The highest BCUT2D eigenvalue weighted by Gasteiger charge is 2.04. The first-order chi connectivity index (χ1) is 7.49. The van der Waals surface area contributed by atoms with Gasteiger partial charge in [-0.3, -0.25) is 10.2 Å². The molecule has 1 aromatic rings. The van der Waals surface area contributed by atoms with Crippen molar-refractivity contribution in [2.75, 3.05) is 20.7 Å². The molecule has 0 fully saturated rings. The molecule has 0 spiro atoms. The van der Waals surface area contributed by atoms with E-state index in [2.05, 4.69) is 5.43 Å². The van der Waals surface area contributed by atoms with Crippen LogP contribution in [0.25, 0.3) is 0 Å². The monoisotopic (exact) mass is 242 g/mol. The van der Waals surface area contributed by atoms with Crippen molar-refractivity contribution in [2.24, 2.45) is 0 Å². The van der Waals surface area contributed by atoms with E-state index in [1.54, 1.807) is 37.3 Å². The Morgan fingerprint density at radius 1 is 1.50 bits per heavy atom. The number of benzene rings is 1. The van der Waals surface area contributed by atoms with Crippen LogP contribution < -0.4 is 10.2 Å². The van der Waals surface area contributed by atoms with Gasteiger partial charge in [-0.2, -0.15) is 0 Å². The number of nitrogens with zero attached hydrogens (tertiary/aromatic N) is 1. The lowest BCUT2D eigenvalue weighted by Crippen LogP contribution is -2.39. The predicted molar refractivity (Wildman–Crippen MR) is 63.5 cm³/mol. The van der Waals surface area contributed by atoms with Crippen LogP contribution in [0.4, 0.5) is 0 Å². The van der Waals surface area contributed by atoms with Crippen molar-refractivity contribution in [2.45, 2.75) is 6.92 Å². The molecule has 0 radical (unpaired) electrons. The highest BCUT2D eigenvalue weighted by molar-refractivity contribution is 6.31. The van der Waals surface area contributed by atoms with Gasteiger partial charge in [0.1, 0.15) is 5.75 Å². The van der Waals surface area contributed by atoms with Crippen LogP contribution in [-0.2, 0) is 4.79 Å². The van der Waals surface area contributed by atoms with E-state index in [0.29, 0.717) is 10.8 Å². The van der Waals surface area contributed by atoms with Gasteiger partial charge in [-0.25, -0.2) is 5.01 Å². The molecule has 1 aromatic carbocycles. The SMILES string of the molecule is Cc1cc(OCC(=O)NN(C)C)ccc1Cl. The molecule has 0 heterocycles. The Morgan fingerprint density at radius 3 is 2.75 bits per heavy atom. The minimum atomic E-state index is -0.197. The molecule has 0 aliphatic heterocycles. The number of aryl methyl sites for hydroxylation is 1. The Bertz CT molecular complexity index is 380. The fourth-order valence-electron chi connectivity index (χ4n) is 1.14. The number of hydrogen-bond donors (Lipinski definition) is 1. The summed E-state index contributed by atoms with van der Waals surface area (Å²) in [6.07, 6.45) is 0. The highest BCUT2D eigenvalue weighted by atomic mass is 35.5. The molecule has 1 rings (SSSR count). The van der Waals surface area contributed by atoms with Crippen LogP contribution >= 0.6 is 11.6 Å². The zero-order chi connectivity index (χ0) is 12.1. The van der Waals surface area contributed by atoms with E-state index in [9.17, 15) is 4.79 Å². The molecule has 0 unspecified atom stereocenters. The van der Waals surface area contributed by atoms with E-state index in [1.807, 2.05) is 6.92 Å². The van der Waals surface area contributed by atoms with E-state index >= 15 is 0 Å². The van der Waals surface area contributed by atoms with Gasteiger partial charge in [0, 0.05) is 19.1 Å². The summed E-state index contributed by atoms with van der Waals surface area (Å²) in [5, 5.41) is 2.25. The van der Waals surface area contributed by atoms with Crippen molar-refractivity contribution in [3.63, 3.8) is 0 Å². The molecule has 88 valence electrons. The number of carbonyl (C=O) groups excluding carboxylic acids is 1. The van der Waals surface area contributed by atoms with Crippen molar-refractivity contribution >= 4 is 17.5 Å². The lowest BCUT2D eigenvalue weighted by Gasteiger charge is -2.12. The average Bonchev–Trinajstić information content (AvgIpc) is 2.19. The summed E-state index contributed by atoms with van der Waals surface area (Å²) in [6, 6.07) is 5.28. The quantitative estimate of drug-likeness (QED) is 0.816. The Balaban J connectivity index is 2.48. The predicted octanol–water partition coefficient (Wildman–Crippen LogP) is 1.62.